The molecule has 20 heavy (non-hydrogen) atoms. The lowest BCUT2D eigenvalue weighted by Gasteiger charge is -2.07. The van der Waals surface area contributed by atoms with Gasteiger partial charge in [0.15, 0.2) is 9.84 Å². The molecule has 0 aliphatic heterocycles. The number of anilines is 2. The zero-order valence-electron chi connectivity index (χ0n) is 10.3. The maximum Gasteiger partial charge on any atom is 0.231 e. The van der Waals surface area contributed by atoms with Gasteiger partial charge in [0, 0.05) is 11.9 Å². The standard InChI is InChI=1S/C11H10ClFN4O2S/c1-20(18,19)5-7-2-8(13)4-9(3-7)16-11-15-6-14-10(12)17-11/h2-4,6H,5H2,1H3,(H,14,15,16,17). The van der Waals surface area contributed by atoms with Crippen molar-refractivity contribution in [3.05, 3.63) is 41.2 Å². The summed E-state index contributed by atoms with van der Waals surface area (Å²) in [4.78, 5) is 11.2. The molecule has 9 heteroatoms. The highest BCUT2D eigenvalue weighted by Crippen LogP contribution is 2.19. The highest BCUT2D eigenvalue weighted by molar-refractivity contribution is 7.89. The molecule has 2 aromatic rings. The molecule has 0 radical (unpaired) electrons. The smallest absolute Gasteiger partial charge is 0.231 e. The SMILES string of the molecule is CS(=O)(=O)Cc1cc(F)cc(Nc2ncnc(Cl)n2)c1. The Hall–Kier alpha value is -1.80. The maximum absolute atomic E-state index is 13.5. The molecule has 0 aliphatic rings. The van der Waals surface area contributed by atoms with Gasteiger partial charge in [0.2, 0.25) is 11.2 Å². The molecule has 2 rings (SSSR count). The van der Waals surface area contributed by atoms with Crippen molar-refractivity contribution in [1.82, 2.24) is 15.0 Å². The number of sulfone groups is 1. The number of benzene rings is 1. The summed E-state index contributed by atoms with van der Waals surface area (Å²) in [5, 5.41) is 2.73. The van der Waals surface area contributed by atoms with E-state index in [9.17, 15) is 12.8 Å². The summed E-state index contributed by atoms with van der Waals surface area (Å²) >= 11 is 5.61. The summed E-state index contributed by atoms with van der Waals surface area (Å²) in [6, 6.07) is 3.86. The molecule has 1 heterocycles. The topological polar surface area (TPSA) is 84.8 Å². The lowest BCUT2D eigenvalue weighted by molar-refractivity contribution is 0.600. The Balaban J connectivity index is 2.28. The van der Waals surface area contributed by atoms with Crippen LogP contribution < -0.4 is 5.32 Å². The van der Waals surface area contributed by atoms with Crippen LogP contribution in [0.5, 0.6) is 0 Å². The van der Waals surface area contributed by atoms with Gasteiger partial charge in [0.1, 0.15) is 12.1 Å². The molecule has 0 aliphatic carbocycles. The summed E-state index contributed by atoms with van der Waals surface area (Å²) in [5.41, 5.74) is 0.654. The minimum Gasteiger partial charge on any atom is -0.324 e. The van der Waals surface area contributed by atoms with Crippen molar-refractivity contribution in [3.63, 3.8) is 0 Å². The number of hydrogen-bond acceptors (Lipinski definition) is 6. The molecule has 106 valence electrons. The zero-order chi connectivity index (χ0) is 14.8. The van der Waals surface area contributed by atoms with Crippen molar-refractivity contribution in [2.75, 3.05) is 11.6 Å². The van der Waals surface area contributed by atoms with Crippen LogP contribution in [-0.2, 0) is 15.6 Å². The number of rotatable bonds is 4. The van der Waals surface area contributed by atoms with E-state index in [-0.39, 0.29) is 17.0 Å². The average Bonchev–Trinajstić information content (AvgIpc) is 2.25. The van der Waals surface area contributed by atoms with E-state index in [1.165, 1.54) is 18.5 Å². The van der Waals surface area contributed by atoms with Crippen LogP contribution in [0.4, 0.5) is 16.0 Å². The van der Waals surface area contributed by atoms with Crippen LogP contribution in [0.1, 0.15) is 5.56 Å². The first kappa shape index (κ1) is 14.6. The summed E-state index contributed by atoms with van der Waals surface area (Å²) in [7, 11) is -3.25. The second kappa shape index (κ2) is 5.68. The van der Waals surface area contributed by atoms with Crippen molar-refractivity contribution in [2.24, 2.45) is 0 Å². The Morgan fingerprint density at radius 3 is 2.70 bits per heavy atom. The Morgan fingerprint density at radius 1 is 1.30 bits per heavy atom. The number of halogens is 2. The summed E-state index contributed by atoms with van der Waals surface area (Å²) in [6.07, 6.45) is 2.28. The highest BCUT2D eigenvalue weighted by atomic mass is 35.5. The van der Waals surface area contributed by atoms with E-state index in [1.807, 2.05) is 0 Å². The van der Waals surface area contributed by atoms with Gasteiger partial charge in [-0.1, -0.05) is 0 Å². The summed E-state index contributed by atoms with van der Waals surface area (Å²) in [5.74, 6) is -0.674. The fraction of sp³-hybridized carbons (Fsp3) is 0.182. The summed E-state index contributed by atoms with van der Waals surface area (Å²) < 4.78 is 35.9. The Bertz CT molecular complexity index is 739. The maximum atomic E-state index is 13.5. The fourth-order valence-electron chi connectivity index (χ4n) is 1.57. The van der Waals surface area contributed by atoms with Gasteiger partial charge in [-0.15, -0.1) is 0 Å². The normalized spacial score (nSPS) is 11.3. The molecule has 0 bridgehead atoms. The predicted octanol–water partition coefficient (Wildman–Crippen LogP) is 1.95. The minimum atomic E-state index is -3.25. The number of aromatic nitrogens is 3. The molecule has 6 nitrogen and oxygen atoms in total. The van der Waals surface area contributed by atoms with E-state index in [0.29, 0.717) is 11.3 Å². The third-order valence-corrected chi connectivity index (χ3v) is 3.22. The molecule has 0 fully saturated rings. The van der Waals surface area contributed by atoms with Gasteiger partial charge >= 0.3 is 0 Å². The monoisotopic (exact) mass is 316 g/mol. The Kier molecular flexibility index (Phi) is 4.15. The van der Waals surface area contributed by atoms with E-state index < -0.39 is 15.7 Å². The van der Waals surface area contributed by atoms with Crippen LogP contribution in [0.25, 0.3) is 0 Å². The largest absolute Gasteiger partial charge is 0.324 e. The molecule has 1 aromatic heterocycles. The van der Waals surface area contributed by atoms with Gasteiger partial charge in [-0.25, -0.2) is 22.8 Å². The number of nitrogens with zero attached hydrogens (tertiary/aromatic N) is 3. The van der Waals surface area contributed by atoms with Crippen molar-refractivity contribution in [2.45, 2.75) is 5.75 Å². The van der Waals surface area contributed by atoms with E-state index in [4.69, 9.17) is 11.6 Å². The van der Waals surface area contributed by atoms with Crippen LogP contribution in [-0.4, -0.2) is 29.6 Å². The van der Waals surface area contributed by atoms with Crippen molar-refractivity contribution >= 4 is 33.1 Å². The fourth-order valence-corrected chi connectivity index (χ4v) is 2.47. The Labute approximate surface area is 120 Å². The van der Waals surface area contributed by atoms with E-state index >= 15 is 0 Å². The van der Waals surface area contributed by atoms with Crippen LogP contribution in [0.2, 0.25) is 5.28 Å². The van der Waals surface area contributed by atoms with Gasteiger partial charge in [0.05, 0.1) is 5.75 Å². The zero-order valence-corrected chi connectivity index (χ0v) is 11.9. The van der Waals surface area contributed by atoms with Crippen LogP contribution in [0.3, 0.4) is 0 Å². The lowest BCUT2D eigenvalue weighted by Crippen LogP contribution is -2.03. The minimum absolute atomic E-state index is 0.00439. The van der Waals surface area contributed by atoms with E-state index in [0.717, 1.165) is 12.3 Å². The third kappa shape index (κ3) is 4.39. The number of hydrogen-bond donors (Lipinski definition) is 1. The van der Waals surface area contributed by atoms with Crippen LogP contribution in [0.15, 0.2) is 24.5 Å². The van der Waals surface area contributed by atoms with Crippen LogP contribution >= 0.6 is 11.6 Å². The van der Waals surface area contributed by atoms with Gasteiger partial charge in [-0.3, -0.25) is 0 Å². The second-order valence-corrected chi connectivity index (χ2v) is 6.60. The third-order valence-electron chi connectivity index (χ3n) is 2.19. The van der Waals surface area contributed by atoms with Gasteiger partial charge in [-0.05, 0) is 35.4 Å². The van der Waals surface area contributed by atoms with Gasteiger partial charge < -0.3 is 5.32 Å². The van der Waals surface area contributed by atoms with E-state index in [1.54, 1.807) is 0 Å². The molecule has 0 amide bonds. The summed E-state index contributed by atoms with van der Waals surface area (Å²) in [6.45, 7) is 0. The molecular formula is C11H10ClFN4O2S. The van der Waals surface area contributed by atoms with Crippen LogP contribution in [0, 0.1) is 5.82 Å². The molecule has 1 aromatic carbocycles. The highest BCUT2D eigenvalue weighted by Gasteiger charge is 2.08. The molecule has 1 N–H and O–H groups in total. The van der Waals surface area contributed by atoms with Crippen molar-refractivity contribution in [1.29, 1.82) is 0 Å². The predicted molar refractivity (Wildman–Crippen MR) is 73.1 cm³/mol. The first-order valence-electron chi connectivity index (χ1n) is 5.40. The first-order chi connectivity index (χ1) is 9.32. The quantitative estimate of drug-likeness (QED) is 0.928. The molecule has 0 saturated heterocycles. The lowest BCUT2D eigenvalue weighted by atomic mass is 10.2. The molecule has 0 unspecified atom stereocenters. The molecule has 0 atom stereocenters. The Morgan fingerprint density at radius 2 is 2.05 bits per heavy atom. The first-order valence-corrected chi connectivity index (χ1v) is 7.84. The molecule has 0 spiro atoms. The van der Waals surface area contributed by atoms with Crippen molar-refractivity contribution < 1.29 is 12.8 Å². The van der Waals surface area contributed by atoms with Crippen molar-refractivity contribution in [3.8, 4) is 0 Å². The second-order valence-electron chi connectivity index (χ2n) is 4.12. The average molecular weight is 317 g/mol. The molecule has 0 saturated carbocycles. The molecular weight excluding hydrogens is 307 g/mol. The van der Waals surface area contributed by atoms with Gasteiger partial charge in [0.25, 0.3) is 0 Å². The number of nitrogens with one attached hydrogen (secondary N) is 1. The van der Waals surface area contributed by atoms with Gasteiger partial charge in [-0.2, -0.15) is 4.98 Å². The van der Waals surface area contributed by atoms with E-state index in [2.05, 4.69) is 20.3 Å².